The zero-order valence-corrected chi connectivity index (χ0v) is 14.8. The Morgan fingerprint density at radius 2 is 1.72 bits per heavy atom. The Kier molecular flexibility index (Phi) is 5.43. The lowest BCUT2D eigenvalue weighted by Crippen LogP contribution is -2.50. The molecule has 0 atom stereocenters. The molecular formula is C20H24N2O3. The second-order valence-electron chi connectivity index (χ2n) is 6.17. The van der Waals surface area contributed by atoms with Crippen molar-refractivity contribution in [3.05, 3.63) is 54.1 Å². The third-order valence-electron chi connectivity index (χ3n) is 4.42. The number of carbonyl (C=O) groups excluding carboxylic acids is 1. The molecule has 1 heterocycles. The summed E-state index contributed by atoms with van der Waals surface area (Å²) >= 11 is 0. The lowest BCUT2D eigenvalue weighted by atomic mass is 10.2. The molecule has 0 bridgehead atoms. The van der Waals surface area contributed by atoms with Gasteiger partial charge in [-0.25, -0.2) is 0 Å². The highest BCUT2D eigenvalue weighted by Crippen LogP contribution is 2.20. The standard InChI is InChI=1S/C20H24N2O3/c1-16-4-3-5-19(14-16)25-15-20(23)22-12-10-21(11-13-22)17-6-8-18(24-2)9-7-17/h3-9,14H,10-13,15H2,1-2H3. The molecule has 1 saturated heterocycles. The van der Waals surface area contributed by atoms with Crippen LogP contribution < -0.4 is 14.4 Å². The van der Waals surface area contributed by atoms with Crippen LogP contribution in [0.25, 0.3) is 0 Å². The average molecular weight is 340 g/mol. The van der Waals surface area contributed by atoms with Crippen LogP contribution in [0, 0.1) is 6.92 Å². The van der Waals surface area contributed by atoms with Gasteiger partial charge < -0.3 is 19.3 Å². The third kappa shape index (κ3) is 4.44. The number of aryl methyl sites for hydroxylation is 1. The fourth-order valence-electron chi connectivity index (χ4n) is 2.95. The second-order valence-corrected chi connectivity index (χ2v) is 6.17. The highest BCUT2D eigenvalue weighted by Gasteiger charge is 2.21. The number of piperazine rings is 1. The van der Waals surface area contributed by atoms with E-state index in [2.05, 4.69) is 17.0 Å². The molecule has 5 nitrogen and oxygen atoms in total. The van der Waals surface area contributed by atoms with Gasteiger partial charge in [-0.15, -0.1) is 0 Å². The predicted molar refractivity (Wildman–Crippen MR) is 98.5 cm³/mol. The van der Waals surface area contributed by atoms with E-state index in [1.54, 1.807) is 7.11 Å². The molecule has 0 radical (unpaired) electrons. The number of anilines is 1. The first kappa shape index (κ1) is 17.1. The van der Waals surface area contributed by atoms with Crippen LogP contribution in [0.5, 0.6) is 11.5 Å². The third-order valence-corrected chi connectivity index (χ3v) is 4.42. The molecule has 1 aliphatic rings. The molecule has 0 aliphatic carbocycles. The number of ether oxygens (including phenoxy) is 2. The summed E-state index contributed by atoms with van der Waals surface area (Å²) in [6.07, 6.45) is 0. The van der Waals surface area contributed by atoms with Crippen LogP contribution in [0.4, 0.5) is 5.69 Å². The lowest BCUT2D eigenvalue weighted by Gasteiger charge is -2.36. The van der Waals surface area contributed by atoms with E-state index in [1.165, 1.54) is 0 Å². The number of benzene rings is 2. The van der Waals surface area contributed by atoms with E-state index < -0.39 is 0 Å². The zero-order valence-electron chi connectivity index (χ0n) is 14.8. The molecule has 2 aromatic carbocycles. The quantitative estimate of drug-likeness (QED) is 0.839. The van der Waals surface area contributed by atoms with E-state index in [0.717, 1.165) is 35.8 Å². The molecule has 0 aromatic heterocycles. The van der Waals surface area contributed by atoms with E-state index in [0.29, 0.717) is 13.1 Å². The van der Waals surface area contributed by atoms with Gasteiger partial charge in [0, 0.05) is 31.9 Å². The Balaban J connectivity index is 1.48. The van der Waals surface area contributed by atoms with E-state index >= 15 is 0 Å². The number of nitrogens with zero attached hydrogens (tertiary/aromatic N) is 2. The van der Waals surface area contributed by atoms with Gasteiger partial charge >= 0.3 is 0 Å². The van der Waals surface area contributed by atoms with Gasteiger partial charge in [0.25, 0.3) is 5.91 Å². The summed E-state index contributed by atoms with van der Waals surface area (Å²) in [6.45, 7) is 5.16. The van der Waals surface area contributed by atoms with Crippen molar-refractivity contribution in [1.29, 1.82) is 0 Å². The van der Waals surface area contributed by atoms with Crippen molar-refractivity contribution in [2.45, 2.75) is 6.92 Å². The number of rotatable bonds is 5. The lowest BCUT2D eigenvalue weighted by molar-refractivity contribution is -0.133. The van der Waals surface area contributed by atoms with Crippen molar-refractivity contribution < 1.29 is 14.3 Å². The summed E-state index contributed by atoms with van der Waals surface area (Å²) in [6, 6.07) is 15.8. The summed E-state index contributed by atoms with van der Waals surface area (Å²) in [5, 5.41) is 0. The minimum absolute atomic E-state index is 0.0379. The Bertz CT molecular complexity index is 707. The van der Waals surface area contributed by atoms with Crippen molar-refractivity contribution in [2.24, 2.45) is 0 Å². The molecule has 1 aliphatic heterocycles. The zero-order chi connectivity index (χ0) is 17.6. The monoisotopic (exact) mass is 340 g/mol. The molecule has 3 rings (SSSR count). The van der Waals surface area contributed by atoms with Crippen LogP contribution in [-0.2, 0) is 4.79 Å². The van der Waals surface area contributed by atoms with Gasteiger partial charge in [0.05, 0.1) is 7.11 Å². The number of carbonyl (C=O) groups is 1. The van der Waals surface area contributed by atoms with Gasteiger partial charge in [-0.2, -0.15) is 0 Å². The van der Waals surface area contributed by atoms with Crippen LogP contribution in [-0.4, -0.2) is 50.7 Å². The SMILES string of the molecule is COc1ccc(N2CCN(C(=O)COc3cccc(C)c3)CC2)cc1. The van der Waals surface area contributed by atoms with Crippen LogP contribution in [0.3, 0.4) is 0 Å². The Labute approximate surface area is 148 Å². The second kappa shape index (κ2) is 7.92. The summed E-state index contributed by atoms with van der Waals surface area (Å²) in [5.41, 5.74) is 2.28. The Morgan fingerprint density at radius 1 is 1.00 bits per heavy atom. The van der Waals surface area contributed by atoms with Crippen molar-refractivity contribution in [2.75, 3.05) is 44.8 Å². The van der Waals surface area contributed by atoms with Crippen molar-refractivity contribution in [3.63, 3.8) is 0 Å². The van der Waals surface area contributed by atoms with Gasteiger partial charge in [0.15, 0.2) is 6.61 Å². The summed E-state index contributed by atoms with van der Waals surface area (Å²) < 4.78 is 10.8. The Morgan fingerprint density at radius 3 is 2.36 bits per heavy atom. The predicted octanol–water partition coefficient (Wildman–Crippen LogP) is 2.73. The van der Waals surface area contributed by atoms with Gasteiger partial charge in [-0.1, -0.05) is 12.1 Å². The summed E-state index contributed by atoms with van der Waals surface area (Å²) in [5.74, 6) is 1.63. The maximum absolute atomic E-state index is 12.3. The number of amides is 1. The van der Waals surface area contributed by atoms with Crippen molar-refractivity contribution >= 4 is 11.6 Å². The normalized spacial score (nSPS) is 14.3. The first-order valence-electron chi connectivity index (χ1n) is 8.52. The van der Waals surface area contributed by atoms with E-state index in [4.69, 9.17) is 9.47 Å². The largest absolute Gasteiger partial charge is 0.497 e. The van der Waals surface area contributed by atoms with Gasteiger partial charge in [-0.3, -0.25) is 4.79 Å². The Hall–Kier alpha value is -2.69. The molecule has 1 fully saturated rings. The average Bonchev–Trinajstić information content (AvgIpc) is 2.66. The van der Waals surface area contributed by atoms with Crippen LogP contribution in [0.1, 0.15) is 5.56 Å². The maximum atomic E-state index is 12.3. The van der Waals surface area contributed by atoms with Crippen LogP contribution in [0.2, 0.25) is 0 Å². The number of hydrogen-bond donors (Lipinski definition) is 0. The van der Waals surface area contributed by atoms with Crippen LogP contribution in [0.15, 0.2) is 48.5 Å². The smallest absolute Gasteiger partial charge is 0.260 e. The highest BCUT2D eigenvalue weighted by atomic mass is 16.5. The first-order valence-corrected chi connectivity index (χ1v) is 8.52. The topological polar surface area (TPSA) is 42.0 Å². The number of methoxy groups -OCH3 is 1. The molecule has 0 unspecified atom stereocenters. The molecular weight excluding hydrogens is 316 g/mol. The van der Waals surface area contributed by atoms with Crippen molar-refractivity contribution in [3.8, 4) is 11.5 Å². The molecule has 0 spiro atoms. The van der Waals surface area contributed by atoms with Gasteiger partial charge in [-0.05, 0) is 48.9 Å². The van der Waals surface area contributed by atoms with Crippen LogP contribution >= 0.6 is 0 Å². The maximum Gasteiger partial charge on any atom is 0.260 e. The van der Waals surface area contributed by atoms with E-state index in [-0.39, 0.29) is 12.5 Å². The summed E-state index contributed by atoms with van der Waals surface area (Å²) in [4.78, 5) is 16.5. The van der Waals surface area contributed by atoms with E-state index in [9.17, 15) is 4.79 Å². The first-order chi connectivity index (χ1) is 12.2. The number of hydrogen-bond acceptors (Lipinski definition) is 4. The molecule has 0 saturated carbocycles. The minimum atomic E-state index is 0.0379. The van der Waals surface area contributed by atoms with E-state index in [1.807, 2.05) is 48.2 Å². The fraction of sp³-hybridized carbons (Fsp3) is 0.350. The molecule has 1 amide bonds. The van der Waals surface area contributed by atoms with Gasteiger partial charge in [0.1, 0.15) is 11.5 Å². The molecule has 0 N–H and O–H groups in total. The summed E-state index contributed by atoms with van der Waals surface area (Å²) in [7, 11) is 1.66. The molecule has 5 heteroatoms. The minimum Gasteiger partial charge on any atom is -0.497 e. The fourth-order valence-corrected chi connectivity index (χ4v) is 2.95. The molecule has 132 valence electrons. The van der Waals surface area contributed by atoms with Crippen molar-refractivity contribution in [1.82, 2.24) is 4.90 Å². The molecule has 2 aromatic rings. The highest BCUT2D eigenvalue weighted by molar-refractivity contribution is 5.78. The van der Waals surface area contributed by atoms with Gasteiger partial charge in [0.2, 0.25) is 0 Å². The molecule has 25 heavy (non-hydrogen) atoms.